The molecule has 1 saturated heterocycles. The van der Waals surface area contributed by atoms with Crippen LogP contribution in [0.1, 0.15) is 43.2 Å². The molecule has 0 aliphatic carbocycles. The number of nitrogens with zero attached hydrogens (tertiary/aromatic N) is 3. The summed E-state index contributed by atoms with van der Waals surface area (Å²) in [6, 6.07) is 16.4. The third-order valence-corrected chi connectivity index (χ3v) is 7.53. The van der Waals surface area contributed by atoms with Crippen LogP contribution in [0.3, 0.4) is 0 Å². The van der Waals surface area contributed by atoms with E-state index >= 15 is 0 Å². The van der Waals surface area contributed by atoms with E-state index in [1.165, 1.54) is 83.7 Å². The van der Waals surface area contributed by atoms with E-state index in [-0.39, 0.29) is 25.0 Å². The topological polar surface area (TPSA) is 59.1 Å². The normalized spacial score (nSPS) is 14.5. The molecule has 2 amide bonds. The molecule has 1 fully saturated rings. The standard InChI is InChI=1S/C31H46N3O4/c1-32(2)30(35)24-37-28-16-12-26(13-17-28)10-8-22-34(20-6-5-7-21-34)23-9-11-27-14-18-29(19-15-27)38-25-31(36)33(3)4/h12-19H,5-11,20-25H2,1-4H3/q+1. The summed E-state index contributed by atoms with van der Waals surface area (Å²) in [6.07, 6.45) is 8.50. The molecule has 0 unspecified atom stereocenters. The van der Waals surface area contributed by atoms with Crippen molar-refractivity contribution in [2.75, 3.05) is 67.6 Å². The number of carbonyl (C=O) groups is 2. The van der Waals surface area contributed by atoms with Crippen LogP contribution in [0.4, 0.5) is 0 Å². The lowest BCUT2D eigenvalue weighted by Gasteiger charge is -2.42. The third-order valence-electron chi connectivity index (χ3n) is 7.53. The number of hydrogen-bond donors (Lipinski definition) is 0. The minimum atomic E-state index is -0.0380. The lowest BCUT2D eigenvalue weighted by Crippen LogP contribution is -2.52. The first kappa shape index (κ1) is 29.5. The second-order valence-corrected chi connectivity index (χ2v) is 10.9. The van der Waals surface area contributed by atoms with Crippen molar-refractivity contribution in [3.63, 3.8) is 0 Å². The van der Waals surface area contributed by atoms with Gasteiger partial charge in [0.05, 0.1) is 26.2 Å². The fourth-order valence-corrected chi connectivity index (χ4v) is 5.03. The molecular formula is C31H46N3O4+. The quantitative estimate of drug-likeness (QED) is 0.348. The van der Waals surface area contributed by atoms with E-state index in [4.69, 9.17) is 9.47 Å². The lowest BCUT2D eigenvalue weighted by atomic mass is 10.0. The number of carbonyl (C=O) groups excluding carboxylic acids is 2. The zero-order chi connectivity index (χ0) is 27.4. The van der Waals surface area contributed by atoms with Gasteiger partial charge in [-0.15, -0.1) is 0 Å². The van der Waals surface area contributed by atoms with Gasteiger partial charge in [-0.2, -0.15) is 0 Å². The van der Waals surface area contributed by atoms with Gasteiger partial charge in [-0.25, -0.2) is 0 Å². The number of ether oxygens (including phenoxy) is 2. The number of rotatable bonds is 14. The van der Waals surface area contributed by atoms with Crippen molar-refractivity contribution in [2.45, 2.75) is 44.9 Å². The van der Waals surface area contributed by atoms with Gasteiger partial charge in [0.25, 0.3) is 11.8 Å². The summed E-state index contributed by atoms with van der Waals surface area (Å²) in [6.45, 7) is 5.17. The highest BCUT2D eigenvalue weighted by Crippen LogP contribution is 2.23. The Morgan fingerprint density at radius 1 is 0.658 bits per heavy atom. The number of hydrogen-bond acceptors (Lipinski definition) is 4. The number of likely N-dealkylation sites (tertiary alicyclic amines) is 1. The van der Waals surface area contributed by atoms with Crippen LogP contribution in [-0.2, 0) is 22.4 Å². The summed E-state index contributed by atoms with van der Waals surface area (Å²) in [5, 5.41) is 0. The zero-order valence-electron chi connectivity index (χ0n) is 23.8. The summed E-state index contributed by atoms with van der Waals surface area (Å²) in [5.41, 5.74) is 2.64. The van der Waals surface area contributed by atoms with E-state index in [9.17, 15) is 9.59 Å². The molecule has 0 atom stereocenters. The van der Waals surface area contributed by atoms with Crippen molar-refractivity contribution in [1.29, 1.82) is 0 Å². The Labute approximate surface area is 228 Å². The van der Waals surface area contributed by atoms with E-state index in [2.05, 4.69) is 24.3 Å². The highest BCUT2D eigenvalue weighted by Gasteiger charge is 2.28. The molecule has 0 radical (unpaired) electrons. The maximum Gasteiger partial charge on any atom is 0.259 e. The Morgan fingerprint density at radius 3 is 1.42 bits per heavy atom. The van der Waals surface area contributed by atoms with Gasteiger partial charge in [0.1, 0.15) is 11.5 Å². The van der Waals surface area contributed by atoms with Crippen molar-refractivity contribution in [2.24, 2.45) is 0 Å². The number of piperidine rings is 1. The fraction of sp³-hybridized carbons (Fsp3) is 0.548. The van der Waals surface area contributed by atoms with Gasteiger partial charge in [-0.1, -0.05) is 24.3 Å². The first-order chi connectivity index (χ1) is 18.3. The molecule has 0 aromatic heterocycles. The monoisotopic (exact) mass is 524 g/mol. The Kier molecular flexibility index (Phi) is 11.5. The van der Waals surface area contributed by atoms with E-state index in [1.54, 1.807) is 28.2 Å². The number of quaternary nitrogens is 1. The van der Waals surface area contributed by atoms with Gasteiger partial charge in [0, 0.05) is 41.0 Å². The van der Waals surface area contributed by atoms with E-state index in [0.717, 1.165) is 24.3 Å². The number of likely N-dealkylation sites (N-methyl/N-ethyl adjacent to an activating group) is 2. The average Bonchev–Trinajstić information content (AvgIpc) is 2.92. The average molecular weight is 525 g/mol. The van der Waals surface area contributed by atoms with Crippen molar-refractivity contribution >= 4 is 11.8 Å². The maximum absolute atomic E-state index is 11.7. The van der Waals surface area contributed by atoms with Crippen molar-refractivity contribution in [3.8, 4) is 11.5 Å². The van der Waals surface area contributed by atoms with E-state index in [0.29, 0.717) is 0 Å². The SMILES string of the molecule is CN(C)C(=O)COc1ccc(CCC[N+]2(CCCc3ccc(OCC(=O)N(C)C)cc3)CCCCC2)cc1. The predicted molar refractivity (Wildman–Crippen MR) is 151 cm³/mol. The Balaban J connectivity index is 1.43. The first-order valence-electron chi connectivity index (χ1n) is 14.0. The molecule has 1 heterocycles. The summed E-state index contributed by atoms with van der Waals surface area (Å²) < 4.78 is 12.4. The molecule has 208 valence electrons. The van der Waals surface area contributed by atoms with Gasteiger partial charge >= 0.3 is 0 Å². The largest absolute Gasteiger partial charge is 0.484 e. The zero-order valence-corrected chi connectivity index (χ0v) is 23.8. The fourth-order valence-electron chi connectivity index (χ4n) is 5.03. The minimum absolute atomic E-state index is 0.0380. The van der Waals surface area contributed by atoms with Crippen molar-refractivity contribution < 1.29 is 23.5 Å². The molecule has 3 rings (SSSR count). The minimum Gasteiger partial charge on any atom is -0.484 e. The van der Waals surface area contributed by atoms with E-state index in [1.807, 2.05) is 24.3 Å². The highest BCUT2D eigenvalue weighted by atomic mass is 16.5. The molecule has 2 aromatic rings. The molecule has 0 N–H and O–H groups in total. The van der Waals surface area contributed by atoms with Crippen LogP contribution in [0, 0.1) is 0 Å². The molecule has 0 bridgehead atoms. The van der Waals surface area contributed by atoms with Crippen LogP contribution in [0.2, 0.25) is 0 Å². The Morgan fingerprint density at radius 2 is 1.05 bits per heavy atom. The van der Waals surface area contributed by atoms with Gasteiger partial charge in [-0.05, 0) is 67.5 Å². The Bertz CT molecular complexity index is 921. The van der Waals surface area contributed by atoms with Gasteiger partial charge in [-0.3, -0.25) is 9.59 Å². The summed E-state index contributed by atoms with van der Waals surface area (Å²) >= 11 is 0. The summed E-state index contributed by atoms with van der Waals surface area (Å²) in [7, 11) is 6.94. The summed E-state index contributed by atoms with van der Waals surface area (Å²) in [4.78, 5) is 26.5. The van der Waals surface area contributed by atoms with Gasteiger partial charge in [0.15, 0.2) is 13.2 Å². The molecule has 2 aromatic carbocycles. The molecule has 38 heavy (non-hydrogen) atoms. The first-order valence-corrected chi connectivity index (χ1v) is 14.0. The molecule has 1 aliphatic heterocycles. The van der Waals surface area contributed by atoms with Gasteiger partial charge < -0.3 is 23.8 Å². The summed E-state index contributed by atoms with van der Waals surface area (Å²) in [5.74, 6) is 1.41. The van der Waals surface area contributed by atoms with Crippen molar-refractivity contribution in [1.82, 2.24) is 9.80 Å². The Hall–Kier alpha value is -3.06. The number of aryl methyl sites for hydroxylation is 2. The molecule has 7 nitrogen and oxygen atoms in total. The maximum atomic E-state index is 11.7. The number of amides is 2. The van der Waals surface area contributed by atoms with E-state index < -0.39 is 0 Å². The lowest BCUT2D eigenvalue weighted by molar-refractivity contribution is -0.932. The van der Waals surface area contributed by atoms with Crippen LogP contribution in [0.5, 0.6) is 11.5 Å². The second-order valence-electron chi connectivity index (χ2n) is 10.9. The molecule has 7 heteroatoms. The molecule has 1 aliphatic rings. The molecular weight excluding hydrogens is 478 g/mol. The molecule has 0 saturated carbocycles. The van der Waals surface area contributed by atoms with Gasteiger partial charge in [0.2, 0.25) is 0 Å². The molecule has 0 spiro atoms. The highest BCUT2D eigenvalue weighted by molar-refractivity contribution is 5.77. The smallest absolute Gasteiger partial charge is 0.259 e. The van der Waals surface area contributed by atoms with Crippen LogP contribution in [0.25, 0.3) is 0 Å². The van der Waals surface area contributed by atoms with Crippen LogP contribution >= 0.6 is 0 Å². The van der Waals surface area contributed by atoms with Crippen molar-refractivity contribution in [3.05, 3.63) is 59.7 Å². The second kappa shape index (κ2) is 14.8. The van der Waals surface area contributed by atoms with Crippen LogP contribution < -0.4 is 9.47 Å². The predicted octanol–water partition coefficient (Wildman–Crippen LogP) is 4.19. The third kappa shape index (κ3) is 9.67. The van der Waals surface area contributed by atoms with Crippen LogP contribution in [0.15, 0.2) is 48.5 Å². The van der Waals surface area contributed by atoms with Crippen LogP contribution in [-0.4, -0.2) is 93.7 Å². The number of benzene rings is 2.